The monoisotopic (exact) mass is 526 g/mol. The minimum absolute atomic E-state index is 0.112. The fraction of sp³-hybridized carbons (Fsp3) is 0.308. The maximum atomic E-state index is 12.7. The lowest BCUT2D eigenvalue weighted by molar-refractivity contribution is -0.112. The van der Waals surface area contributed by atoms with Crippen molar-refractivity contribution in [2.24, 2.45) is 5.92 Å². The molecule has 0 aliphatic rings. The van der Waals surface area contributed by atoms with Gasteiger partial charge in [-0.2, -0.15) is 5.26 Å². The summed E-state index contributed by atoms with van der Waals surface area (Å²) in [6.45, 7) is 6.93. The molecule has 1 amide bonds. The Labute approximate surface area is 219 Å². The molecule has 0 saturated carbocycles. The first-order valence-electron chi connectivity index (χ1n) is 11.4. The summed E-state index contributed by atoms with van der Waals surface area (Å²) < 4.78 is 17.2. The van der Waals surface area contributed by atoms with E-state index in [4.69, 9.17) is 25.8 Å². The second kappa shape index (κ2) is 13.5. The summed E-state index contributed by atoms with van der Waals surface area (Å²) in [6, 6.07) is 14.6. The number of nitrogens with one attached hydrogen (secondary N) is 1. The lowest BCUT2D eigenvalue weighted by Gasteiger charge is -2.15. The molecule has 2 aromatic carbocycles. The van der Waals surface area contributed by atoms with Crippen molar-refractivity contribution in [2.45, 2.75) is 27.2 Å². The zero-order valence-corrected chi connectivity index (χ0v) is 21.9. The molecule has 0 spiro atoms. The average Bonchev–Trinajstić information content (AvgIpc) is 3.28. The van der Waals surface area contributed by atoms with Gasteiger partial charge in [-0.05, 0) is 48.7 Å². The molecule has 0 aliphatic heterocycles. The number of carbonyl (C=O) groups excluding carboxylic acids is 1. The third-order valence-electron chi connectivity index (χ3n) is 4.62. The Kier molecular flexibility index (Phi) is 10.1. The van der Waals surface area contributed by atoms with Gasteiger partial charge in [0, 0.05) is 6.42 Å². The van der Waals surface area contributed by atoms with Crippen LogP contribution in [0.2, 0.25) is 5.02 Å². The Morgan fingerprint density at radius 1 is 1.17 bits per heavy atom. The summed E-state index contributed by atoms with van der Waals surface area (Å²) >= 11 is 7.76. The maximum Gasteiger partial charge on any atom is 0.268 e. The Bertz CT molecular complexity index is 1240. The Morgan fingerprint density at radius 3 is 2.61 bits per heavy atom. The lowest BCUT2D eigenvalue weighted by Crippen LogP contribution is -2.13. The van der Waals surface area contributed by atoms with Crippen molar-refractivity contribution in [3.05, 3.63) is 63.6 Å². The first-order valence-corrected chi connectivity index (χ1v) is 12.6. The summed E-state index contributed by atoms with van der Waals surface area (Å²) in [7, 11) is 0. The maximum absolute atomic E-state index is 12.7. The number of para-hydroxylation sites is 1. The van der Waals surface area contributed by atoms with Crippen LogP contribution in [-0.2, 0) is 11.2 Å². The molecular formula is C26H27ClN4O4S. The fourth-order valence-electron chi connectivity index (χ4n) is 3.11. The minimum Gasteiger partial charge on any atom is -0.490 e. The van der Waals surface area contributed by atoms with Gasteiger partial charge in [0.15, 0.2) is 11.5 Å². The van der Waals surface area contributed by atoms with E-state index < -0.39 is 5.91 Å². The molecule has 10 heteroatoms. The van der Waals surface area contributed by atoms with Crippen LogP contribution in [0.25, 0.3) is 6.08 Å². The topological polar surface area (TPSA) is 106 Å². The number of nitriles is 1. The number of hydrogen-bond donors (Lipinski definition) is 1. The molecule has 8 nitrogen and oxygen atoms in total. The quantitative estimate of drug-likeness (QED) is 0.181. The SMILES string of the molecule is CCOc1cc(C=C(C#N)C(=O)Nc2nnc(CC(C)C)s2)cc(Cl)c1OCCOc1ccccc1. The molecule has 1 N–H and O–H groups in total. The van der Waals surface area contributed by atoms with E-state index in [-0.39, 0.29) is 17.2 Å². The highest BCUT2D eigenvalue weighted by Crippen LogP contribution is 2.37. The van der Waals surface area contributed by atoms with Crippen molar-refractivity contribution in [1.29, 1.82) is 5.26 Å². The van der Waals surface area contributed by atoms with E-state index in [2.05, 4.69) is 29.4 Å². The molecule has 0 radical (unpaired) electrons. The van der Waals surface area contributed by atoms with Gasteiger partial charge in [0.05, 0.1) is 11.6 Å². The number of amides is 1. The van der Waals surface area contributed by atoms with Crippen LogP contribution in [0.4, 0.5) is 5.13 Å². The van der Waals surface area contributed by atoms with Crippen LogP contribution in [0, 0.1) is 17.2 Å². The van der Waals surface area contributed by atoms with Gasteiger partial charge in [-0.15, -0.1) is 10.2 Å². The minimum atomic E-state index is -0.586. The molecule has 0 fully saturated rings. The number of aromatic nitrogens is 2. The highest BCUT2D eigenvalue weighted by molar-refractivity contribution is 7.15. The van der Waals surface area contributed by atoms with E-state index in [1.807, 2.05) is 43.3 Å². The van der Waals surface area contributed by atoms with Crippen LogP contribution < -0.4 is 19.5 Å². The summed E-state index contributed by atoms with van der Waals surface area (Å²) in [5.74, 6) is 1.34. The largest absolute Gasteiger partial charge is 0.490 e. The summed E-state index contributed by atoms with van der Waals surface area (Å²) in [6.07, 6.45) is 2.20. The van der Waals surface area contributed by atoms with Crippen LogP contribution in [0.5, 0.6) is 17.2 Å². The first-order chi connectivity index (χ1) is 17.4. The van der Waals surface area contributed by atoms with Crippen molar-refractivity contribution in [3.63, 3.8) is 0 Å². The van der Waals surface area contributed by atoms with Gasteiger partial charge in [0.25, 0.3) is 5.91 Å². The summed E-state index contributed by atoms with van der Waals surface area (Å²) in [5.41, 5.74) is 0.403. The molecule has 3 rings (SSSR count). The molecule has 0 bridgehead atoms. The van der Waals surface area contributed by atoms with E-state index in [9.17, 15) is 10.1 Å². The van der Waals surface area contributed by atoms with Crippen molar-refractivity contribution in [1.82, 2.24) is 10.2 Å². The first kappa shape index (κ1) is 27.0. The fourth-order valence-corrected chi connectivity index (χ4v) is 4.33. The molecule has 0 saturated heterocycles. The average molecular weight is 527 g/mol. The van der Waals surface area contributed by atoms with Gasteiger partial charge < -0.3 is 14.2 Å². The smallest absolute Gasteiger partial charge is 0.268 e. The Balaban J connectivity index is 1.70. The highest BCUT2D eigenvalue weighted by atomic mass is 35.5. The Hall–Kier alpha value is -3.61. The van der Waals surface area contributed by atoms with Crippen LogP contribution in [0.3, 0.4) is 0 Å². The van der Waals surface area contributed by atoms with E-state index >= 15 is 0 Å². The van der Waals surface area contributed by atoms with Crippen LogP contribution >= 0.6 is 22.9 Å². The lowest BCUT2D eigenvalue weighted by atomic mass is 10.1. The predicted molar refractivity (Wildman–Crippen MR) is 141 cm³/mol. The second-order valence-corrected chi connectivity index (χ2v) is 9.47. The number of benzene rings is 2. The molecule has 1 aromatic heterocycles. The van der Waals surface area contributed by atoms with Crippen LogP contribution in [0.1, 0.15) is 31.3 Å². The standard InChI is InChI=1S/C26H27ClN4O4S/c1-4-33-22-15-18(14-21(27)24(22)35-11-10-34-20-8-6-5-7-9-20)13-19(16-28)25(32)29-26-31-30-23(36-26)12-17(2)3/h5-9,13-15,17H,4,10-12H2,1-3H3,(H,29,31,32). The van der Waals surface area contributed by atoms with E-state index in [1.54, 1.807) is 12.1 Å². The molecule has 0 unspecified atom stereocenters. The molecular weight excluding hydrogens is 500 g/mol. The predicted octanol–water partition coefficient (Wildman–Crippen LogP) is 5.79. The molecule has 1 heterocycles. The van der Waals surface area contributed by atoms with Crippen LogP contribution in [-0.4, -0.2) is 35.9 Å². The van der Waals surface area contributed by atoms with Gasteiger partial charge >= 0.3 is 0 Å². The molecule has 0 aliphatic carbocycles. The van der Waals surface area contributed by atoms with Crippen molar-refractivity contribution < 1.29 is 19.0 Å². The number of halogens is 1. The highest BCUT2D eigenvalue weighted by Gasteiger charge is 2.16. The number of carbonyl (C=O) groups is 1. The molecule has 0 atom stereocenters. The molecule has 3 aromatic rings. The zero-order chi connectivity index (χ0) is 25.9. The van der Waals surface area contributed by atoms with Gasteiger partial charge in [0.2, 0.25) is 5.13 Å². The van der Waals surface area contributed by atoms with E-state index in [0.29, 0.717) is 41.3 Å². The van der Waals surface area contributed by atoms with Crippen molar-refractivity contribution in [3.8, 4) is 23.3 Å². The number of anilines is 1. The molecule has 36 heavy (non-hydrogen) atoms. The second-order valence-electron chi connectivity index (χ2n) is 8.00. The number of ether oxygens (including phenoxy) is 3. The third kappa shape index (κ3) is 7.97. The van der Waals surface area contributed by atoms with Crippen molar-refractivity contribution in [2.75, 3.05) is 25.1 Å². The van der Waals surface area contributed by atoms with Gasteiger partial charge in [-0.25, -0.2) is 0 Å². The van der Waals surface area contributed by atoms with E-state index in [1.165, 1.54) is 17.4 Å². The zero-order valence-electron chi connectivity index (χ0n) is 20.3. The normalized spacial score (nSPS) is 11.2. The van der Waals surface area contributed by atoms with Crippen molar-refractivity contribution >= 4 is 40.1 Å². The van der Waals surface area contributed by atoms with Gasteiger partial charge in [-0.1, -0.05) is 55.0 Å². The molecule has 188 valence electrons. The van der Waals surface area contributed by atoms with E-state index in [0.717, 1.165) is 17.2 Å². The number of nitrogens with zero attached hydrogens (tertiary/aromatic N) is 3. The van der Waals surface area contributed by atoms with Gasteiger partial charge in [0.1, 0.15) is 35.6 Å². The number of rotatable bonds is 12. The summed E-state index contributed by atoms with van der Waals surface area (Å²) in [5, 5.41) is 21.7. The number of hydrogen-bond acceptors (Lipinski definition) is 8. The van der Waals surface area contributed by atoms with Gasteiger partial charge in [-0.3, -0.25) is 10.1 Å². The third-order valence-corrected chi connectivity index (χ3v) is 5.76. The summed E-state index contributed by atoms with van der Waals surface area (Å²) in [4.78, 5) is 12.7. The Morgan fingerprint density at radius 2 is 1.92 bits per heavy atom. The van der Waals surface area contributed by atoms with Crippen LogP contribution in [0.15, 0.2) is 48.0 Å².